The molecule has 3 aromatic carbocycles. The molecule has 2 aliphatic carbocycles. The van der Waals surface area contributed by atoms with Gasteiger partial charge in [-0.3, -0.25) is 0 Å². The third-order valence-corrected chi connectivity index (χ3v) is 6.62. The predicted octanol–water partition coefficient (Wildman–Crippen LogP) is 5.96. The fraction of sp³-hybridized carbons (Fsp3) is 0.0667. The van der Waals surface area contributed by atoms with E-state index in [-0.39, 0.29) is 67.8 Å². The van der Waals surface area contributed by atoms with E-state index in [2.05, 4.69) is 9.69 Å². The Morgan fingerprint density at radius 2 is 1.16 bits per heavy atom. The van der Waals surface area contributed by atoms with Crippen LogP contribution in [0.1, 0.15) is 11.1 Å². The molecule has 0 radical (unpaired) electrons. The van der Waals surface area contributed by atoms with Gasteiger partial charge in [0.1, 0.15) is 54.1 Å². The number of halogens is 4. The van der Waals surface area contributed by atoms with Crippen molar-refractivity contribution in [1.29, 1.82) is 10.5 Å². The zero-order valence-corrected chi connectivity index (χ0v) is 19.3. The quantitative estimate of drug-likeness (QED) is 0.246. The Morgan fingerprint density at radius 3 is 1.58 bits per heavy atom. The molecule has 2 aliphatic rings. The van der Waals surface area contributed by atoms with Crippen LogP contribution in [0.5, 0.6) is 0 Å². The van der Waals surface area contributed by atoms with Crippen LogP contribution >= 0.6 is 0 Å². The maximum Gasteiger partial charge on any atom is 0.525 e. The van der Waals surface area contributed by atoms with E-state index in [1.54, 1.807) is 12.1 Å². The molecule has 8 heteroatoms. The normalized spacial score (nSPS) is 13.3. The Morgan fingerprint density at radius 1 is 0.711 bits per heavy atom. The molecule has 3 aromatic rings. The number of hydrogen-bond donors (Lipinski definition) is 0. The van der Waals surface area contributed by atoms with Crippen LogP contribution in [0.4, 0.5) is 17.6 Å². The maximum atomic E-state index is 16.2. The number of nitrogens with zero attached hydrogens (tertiary/aromatic N) is 4. The minimum absolute atomic E-state index is 0.0575. The smallest absolute Gasteiger partial charge is 0.207 e. The molecule has 0 heterocycles. The largest absolute Gasteiger partial charge is 0.525 e. The molecule has 0 aliphatic heterocycles. The summed E-state index contributed by atoms with van der Waals surface area (Å²) in [6.07, 6.45) is -0.539. The molecule has 5 rings (SSSR count). The van der Waals surface area contributed by atoms with Gasteiger partial charge in [0.05, 0.1) is 5.57 Å². The fourth-order valence-corrected chi connectivity index (χ4v) is 5.12. The van der Waals surface area contributed by atoms with E-state index < -0.39 is 34.7 Å². The molecule has 0 aromatic heterocycles. The lowest BCUT2D eigenvalue weighted by atomic mass is 9.87. The lowest BCUT2D eigenvalue weighted by Crippen LogP contribution is -2.24. The molecule has 0 amide bonds. The van der Waals surface area contributed by atoms with E-state index in [0.29, 0.717) is 0 Å². The second-order valence-electron chi connectivity index (χ2n) is 8.56. The molecule has 0 saturated carbocycles. The molecule has 0 atom stereocenters. The van der Waals surface area contributed by atoms with E-state index in [0.717, 1.165) is 12.1 Å². The SMILES string of the molecule is [C-]#[N+]C([N+]#[C-])=C1Cc2c(-c3cccc(F)c3)c3c(c(-c4cccc(F)c4)c2=C1F)CC(=C(C#N)C#N)C=3F. The Labute approximate surface area is 214 Å². The molecule has 0 unspecified atom stereocenters. The first-order valence-corrected chi connectivity index (χ1v) is 11.2. The molecule has 0 saturated heterocycles. The number of benzene rings is 3. The van der Waals surface area contributed by atoms with Crippen molar-refractivity contribution in [3.8, 4) is 34.4 Å². The minimum Gasteiger partial charge on any atom is -0.207 e. The van der Waals surface area contributed by atoms with Gasteiger partial charge >= 0.3 is 5.82 Å². The highest BCUT2D eigenvalue weighted by Crippen LogP contribution is 2.40. The topological polar surface area (TPSA) is 56.3 Å². The lowest BCUT2D eigenvalue weighted by molar-refractivity contribution is 0.628. The third-order valence-electron chi connectivity index (χ3n) is 6.62. The van der Waals surface area contributed by atoms with Crippen molar-refractivity contribution < 1.29 is 17.6 Å². The van der Waals surface area contributed by atoms with Crippen LogP contribution in [0.2, 0.25) is 0 Å². The summed E-state index contributed by atoms with van der Waals surface area (Å²) in [4.78, 5) is 6.28. The first-order valence-electron chi connectivity index (χ1n) is 11.2. The highest BCUT2D eigenvalue weighted by atomic mass is 19.1. The van der Waals surface area contributed by atoms with Crippen molar-refractivity contribution in [2.24, 2.45) is 0 Å². The van der Waals surface area contributed by atoms with Gasteiger partial charge in [0.2, 0.25) is 0 Å². The molecule has 0 bridgehead atoms. The highest BCUT2D eigenvalue weighted by molar-refractivity contribution is 5.90. The van der Waals surface area contributed by atoms with Gasteiger partial charge in [-0.15, -0.1) is 0 Å². The summed E-state index contributed by atoms with van der Waals surface area (Å²) in [5.41, 5.74) is 0.160. The van der Waals surface area contributed by atoms with Crippen molar-refractivity contribution in [2.45, 2.75) is 12.8 Å². The standard InChI is InChI=1S/C30H12F4N4/c1-37-30(38-2)23-12-22-25(16-6-4-8-19(32)10-16)26-21(11-20(28(26)33)17(13-35)14-36)24(27(22)29(23)34)15-5-3-7-18(31)9-15/h3-10H,11-12H2. The van der Waals surface area contributed by atoms with Crippen LogP contribution in [-0.4, -0.2) is 0 Å². The molecule has 0 N–H and O–H groups in total. The minimum atomic E-state index is -0.897. The van der Waals surface area contributed by atoms with Crippen molar-refractivity contribution in [3.63, 3.8) is 0 Å². The lowest BCUT2D eigenvalue weighted by Gasteiger charge is -2.16. The summed E-state index contributed by atoms with van der Waals surface area (Å²) in [5.74, 6) is -3.56. The van der Waals surface area contributed by atoms with Crippen molar-refractivity contribution in [2.75, 3.05) is 0 Å². The van der Waals surface area contributed by atoms with Crippen LogP contribution in [0.15, 0.2) is 71.1 Å². The van der Waals surface area contributed by atoms with Crippen LogP contribution in [0.25, 0.3) is 43.6 Å². The summed E-state index contributed by atoms with van der Waals surface area (Å²) in [6.45, 7) is 14.7. The van der Waals surface area contributed by atoms with E-state index in [9.17, 15) is 19.3 Å². The number of allylic oxidation sites excluding steroid dienone is 3. The van der Waals surface area contributed by atoms with Crippen molar-refractivity contribution in [1.82, 2.24) is 0 Å². The van der Waals surface area contributed by atoms with Gasteiger partial charge < -0.3 is 0 Å². The Bertz CT molecular complexity index is 1780. The third kappa shape index (κ3) is 3.56. The van der Waals surface area contributed by atoms with Crippen molar-refractivity contribution >= 4 is 11.7 Å². The molecular weight excluding hydrogens is 492 g/mol. The van der Waals surface area contributed by atoms with E-state index in [1.807, 2.05) is 0 Å². The molecular formula is C30H12F4N4. The van der Waals surface area contributed by atoms with Gasteiger partial charge in [-0.2, -0.15) is 20.2 Å². The molecule has 4 nitrogen and oxygen atoms in total. The highest BCUT2D eigenvalue weighted by Gasteiger charge is 2.36. The van der Waals surface area contributed by atoms with Crippen molar-refractivity contribution in [3.05, 3.63) is 127 Å². The Hall–Kier alpha value is -5.44. The van der Waals surface area contributed by atoms with E-state index in [1.165, 1.54) is 36.4 Å². The van der Waals surface area contributed by atoms with Crippen LogP contribution < -0.4 is 10.4 Å². The van der Waals surface area contributed by atoms with Gasteiger partial charge in [0.15, 0.2) is 0 Å². The van der Waals surface area contributed by atoms with E-state index in [4.69, 9.17) is 13.1 Å². The van der Waals surface area contributed by atoms with Gasteiger partial charge in [-0.25, -0.2) is 17.6 Å². The van der Waals surface area contributed by atoms with Crippen LogP contribution in [-0.2, 0) is 12.8 Å². The molecule has 180 valence electrons. The first kappa shape index (κ1) is 24.3. The molecule has 0 fully saturated rings. The Balaban J connectivity index is 2.09. The average Bonchev–Trinajstić information content (AvgIpc) is 3.42. The molecule has 38 heavy (non-hydrogen) atoms. The second kappa shape index (κ2) is 9.21. The average molecular weight is 504 g/mol. The van der Waals surface area contributed by atoms with E-state index >= 15 is 8.78 Å². The summed E-state index contributed by atoms with van der Waals surface area (Å²) in [7, 11) is 0. The first-order chi connectivity index (χ1) is 18.3. The number of fused-ring (bicyclic) bond motifs is 2. The summed E-state index contributed by atoms with van der Waals surface area (Å²) in [6, 6.07) is 13.9. The monoisotopic (exact) mass is 504 g/mol. The number of rotatable bonds is 2. The summed E-state index contributed by atoms with van der Waals surface area (Å²) >= 11 is 0. The fourth-order valence-electron chi connectivity index (χ4n) is 5.12. The van der Waals surface area contributed by atoms with Gasteiger partial charge in [0.25, 0.3) is 0 Å². The number of hydrogen-bond acceptors (Lipinski definition) is 2. The zero-order chi connectivity index (χ0) is 27.1. The van der Waals surface area contributed by atoms with Gasteiger partial charge in [-0.05, 0) is 57.6 Å². The van der Waals surface area contributed by atoms with Gasteiger partial charge in [-0.1, -0.05) is 24.3 Å². The predicted molar refractivity (Wildman–Crippen MR) is 131 cm³/mol. The van der Waals surface area contributed by atoms with Gasteiger partial charge in [0, 0.05) is 28.9 Å². The second-order valence-corrected chi connectivity index (χ2v) is 8.56. The zero-order valence-electron chi connectivity index (χ0n) is 19.3. The van der Waals surface area contributed by atoms with Crippen LogP contribution in [0, 0.1) is 47.4 Å². The van der Waals surface area contributed by atoms with Crippen LogP contribution in [0.3, 0.4) is 0 Å². The summed E-state index contributed by atoms with van der Waals surface area (Å²) < 4.78 is 61.0. The number of nitriles is 2. The maximum absolute atomic E-state index is 16.2. The Kier molecular flexibility index (Phi) is 5.88. The summed E-state index contributed by atoms with van der Waals surface area (Å²) in [5, 5.41) is 18.8. The molecule has 0 spiro atoms.